The number of nitrogens with one attached hydrogen (secondary N) is 3. The number of hydrogen-bond acceptors (Lipinski definition) is 4. The zero-order valence-electron chi connectivity index (χ0n) is 16.8. The summed E-state index contributed by atoms with van der Waals surface area (Å²) in [6.45, 7) is -1.44. The summed E-state index contributed by atoms with van der Waals surface area (Å²) >= 11 is 0. The van der Waals surface area contributed by atoms with E-state index in [9.17, 15) is 22.8 Å². The monoisotopic (exact) mass is 443 g/mol. The van der Waals surface area contributed by atoms with E-state index in [4.69, 9.17) is 4.74 Å². The lowest BCUT2D eigenvalue weighted by molar-refractivity contribution is -0.123. The van der Waals surface area contributed by atoms with Crippen LogP contribution >= 0.6 is 0 Å². The lowest BCUT2D eigenvalue weighted by Crippen LogP contribution is -2.33. The highest BCUT2D eigenvalue weighted by Crippen LogP contribution is 2.22. The Kier molecular flexibility index (Phi) is 7.33. The van der Waals surface area contributed by atoms with Crippen LogP contribution in [0.1, 0.15) is 10.4 Å². The van der Waals surface area contributed by atoms with E-state index in [-0.39, 0.29) is 18.0 Å². The molecule has 0 aliphatic rings. The van der Waals surface area contributed by atoms with Crippen molar-refractivity contribution in [1.82, 2.24) is 5.32 Å². The highest BCUT2D eigenvalue weighted by atomic mass is 19.4. The molecule has 0 atom stereocenters. The number of amides is 2. The van der Waals surface area contributed by atoms with Gasteiger partial charge >= 0.3 is 6.18 Å². The minimum absolute atomic E-state index is 0.0398. The van der Waals surface area contributed by atoms with Gasteiger partial charge in [0.25, 0.3) is 5.91 Å². The molecule has 0 radical (unpaired) electrons. The number of anilines is 2. The standard InChI is InChI=1S/C23H20F3N3O3/c24-23(25,26)15-28-22(31)16-6-8-17(9-7-16)27-14-21(30)29-18-10-12-20(13-11-18)32-19-4-2-1-3-5-19/h1-13,27H,14-15H2,(H,28,31)(H,29,30). The van der Waals surface area contributed by atoms with Gasteiger partial charge in [0.05, 0.1) is 6.54 Å². The molecule has 0 aliphatic heterocycles. The number of alkyl halides is 3. The van der Waals surface area contributed by atoms with E-state index in [1.165, 1.54) is 24.3 Å². The van der Waals surface area contributed by atoms with E-state index in [2.05, 4.69) is 10.6 Å². The molecular weight excluding hydrogens is 423 g/mol. The Balaban J connectivity index is 1.45. The van der Waals surface area contributed by atoms with Crippen LogP contribution in [0.15, 0.2) is 78.9 Å². The van der Waals surface area contributed by atoms with Crippen LogP contribution in [0.5, 0.6) is 11.5 Å². The zero-order valence-corrected chi connectivity index (χ0v) is 16.8. The smallest absolute Gasteiger partial charge is 0.405 e. The van der Waals surface area contributed by atoms with Gasteiger partial charge in [-0.3, -0.25) is 9.59 Å². The minimum Gasteiger partial charge on any atom is -0.457 e. The fraction of sp³-hybridized carbons (Fsp3) is 0.130. The Labute approximate surface area is 182 Å². The highest BCUT2D eigenvalue weighted by molar-refractivity contribution is 5.95. The fourth-order valence-corrected chi connectivity index (χ4v) is 2.64. The van der Waals surface area contributed by atoms with Crippen molar-refractivity contribution in [3.63, 3.8) is 0 Å². The van der Waals surface area contributed by atoms with Gasteiger partial charge in [-0.05, 0) is 60.7 Å². The van der Waals surface area contributed by atoms with Crippen LogP contribution in [-0.2, 0) is 4.79 Å². The van der Waals surface area contributed by atoms with Gasteiger partial charge in [0.2, 0.25) is 5.91 Å². The van der Waals surface area contributed by atoms with E-state index in [1.807, 2.05) is 30.3 Å². The van der Waals surface area contributed by atoms with Gasteiger partial charge in [0, 0.05) is 16.9 Å². The van der Waals surface area contributed by atoms with Gasteiger partial charge < -0.3 is 20.7 Å². The van der Waals surface area contributed by atoms with Crippen molar-refractivity contribution in [2.24, 2.45) is 0 Å². The molecule has 0 bridgehead atoms. The van der Waals surface area contributed by atoms with Crippen molar-refractivity contribution in [1.29, 1.82) is 0 Å². The first-order valence-corrected chi connectivity index (χ1v) is 9.60. The van der Waals surface area contributed by atoms with Crippen molar-refractivity contribution in [2.75, 3.05) is 23.7 Å². The Morgan fingerprint density at radius 1 is 0.781 bits per heavy atom. The summed E-state index contributed by atoms with van der Waals surface area (Å²) in [4.78, 5) is 23.8. The molecule has 3 aromatic carbocycles. The molecule has 3 rings (SSSR count). The Bertz CT molecular complexity index is 1040. The van der Waals surface area contributed by atoms with Gasteiger partial charge in [-0.25, -0.2) is 0 Å². The lowest BCUT2D eigenvalue weighted by atomic mass is 10.2. The summed E-state index contributed by atoms with van der Waals surface area (Å²) in [5, 5.41) is 7.41. The molecule has 6 nitrogen and oxygen atoms in total. The van der Waals surface area contributed by atoms with Gasteiger partial charge in [-0.1, -0.05) is 18.2 Å². The number of hydrogen-bond donors (Lipinski definition) is 3. The molecule has 0 spiro atoms. The average Bonchev–Trinajstić information content (AvgIpc) is 2.78. The van der Waals surface area contributed by atoms with E-state index >= 15 is 0 Å². The molecule has 0 fully saturated rings. The number of rotatable bonds is 8. The topological polar surface area (TPSA) is 79.5 Å². The summed E-state index contributed by atoms with van der Waals surface area (Å²) in [7, 11) is 0. The normalized spacial score (nSPS) is 10.8. The predicted molar refractivity (Wildman–Crippen MR) is 115 cm³/mol. The van der Waals surface area contributed by atoms with E-state index in [1.54, 1.807) is 29.6 Å². The maximum Gasteiger partial charge on any atom is 0.405 e. The van der Waals surface area contributed by atoms with Crippen molar-refractivity contribution in [3.8, 4) is 11.5 Å². The van der Waals surface area contributed by atoms with E-state index in [0.717, 1.165) is 0 Å². The average molecular weight is 443 g/mol. The van der Waals surface area contributed by atoms with Gasteiger partial charge in [-0.2, -0.15) is 13.2 Å². The number of ether oxygens (including phenoxy) is 1. The fourth-order valence-electron chi connectivity index (χ4n) is 2.64. The molecule has 0 heterocycles. The molecule has 0 unspecified atom stereocenters. The second-order valence-corrected chi connectivity index (χ2v) is 6.72. The second kappa shape index (κ2) is 10.3. The molecular formula is C23H20F3N3O3. The summed E-state index contributed by atoms with van der Waals surface area (Å²) in [6.07, 6.45) is -4.47. The molecule has 9 heteroatoms. The highest BCUT2D eigenvalue weighted by Gasteiger charge is 2.27. The lowest BCUT2D eigenvalue weighted by Gasteiger charge is -2.10. The van der Waals surface area contributed by atoms with Gasteiger partial charge in [-0.15, -0.1) is 0 Å². The van der Waals surface area contributed by atoms with Crippen LogP contribution in [0, 0.1) is 0 Å². The number of halogens is 3. The summed E-state index contributed by atoms with van der Waals surface area (Å²) in [5.41, 5.74) is 1.22. The summed E-state index contributed by atoms with van der Waals surface area (Å²) in [6, 6.07) is 22.0. The van der Waals surface area contributed by atoms with Crippen LogP contribution in [0.4, 0.5) is 24.5 Å². The molecule has 0 aromatic heterocycles. The zero-order chi connectivity index (χ0) is 23.0. The van der Waals surface area contributed by atoms with Crippen molar-refractivity contribution in [3.05, 3.63) is 84.4 Å². The second-order valence-electron chi connectivity index (χ2n) is 6.72. The maximum atomic E-state index is 12.2. The van der Waals surface area contributed by atoms with Crippen LogP contribution < -0.4 is 20.7 Å². The third-order valence-electron chi connectivity index (χ3n) is 4.17. The Hall–Kier alpha value is -4.01. The molecule has 3 N–H and O–H groups in total. The van der Waals surface area contributed by atoms with E-state index < -0.39 is 18.6 Å². The summed E-state index contributed by atoms with van der Waals surface area (Å²) in [5.74, 6) is 0.212. The van der Waals surface area contributed by atoms with Crippen LogP contribution in [0.3, 0.4) is 0 Å². The van der Waals surface area contributed by atoms with Crippen molar-refractivity contribution >= 4 is 23.2 Å². The van der Waals surface area contributed by atoms with E-state index in [0.29, 0.717) is 22.9 Å². The van der Waals surface area contributed by atoms with Gasteiger partial charge in [0.15, 0.2) is 0 Å². The van der Waals surface area contributed by atoms with Crippen LogP contribution in [-0.4, -0.2) is 31.1 Å². The van der Waals surface area contributed by atoms with Crippen molar-refractivity contribution < 1.29 is 27.5 Å². The SMILES string of the molecule is O=C(CNc1ccc(C(=O)NCC(F)(F)F)cc1)Nc1ccc(Oc2ccccc2)cc1. The van der Waals surface area contributed by atoms with Crippen LogP contribution in [0.2, 0.25) is 0 Å². The molecule has 3 aromatic rings. The third kappa shape index (κ3) is 7.35. The molecule has 32 heavy (non-hydrogen) atoms. The minimum atomic E-state index is -4.47. The Morgan fingerprint density at radius 2 is 1.38 bits per heavy atom. The molecule has 166 valence electrons. The number of benzene rings is 3. The first-order chi connectivity index (χ1) is 15.3. The maximum absolute atomic E-state index is 12.2. The quantitative estimate of drug-likeness (QED) is 0.466. The number of carbonyl (C=O) groups excluding carboxylic acids is 2. The molecule has 0 saturated heterocycles. The summed E-state index contributed by atoms with van der Waals surface area (Å²) < 4.78 is 42.2. The van der Waals surface area contributed by atoms with Gasteiger partial charge in [0.1, 0.15) is 18.0 Å². The molecule has 0 aliphatic carbocycles. The number of para-hydroxylation sites is 1. The first kappa shape index (κ1) is 22.7. The Morgan fingerprint density at radius 3 is 2.00 bits per heavy atom. The predicted octanol–water partition coefficient (Wildman–Crippen LogP) is 4.82. The third-order valence-corrected chi connectivity index (χ3v) is 4.17. The largest absolute Gasteiger partial charge is 0.457 e. The number of carbonyl (C=O) groups is 2. The van der Waals surface area contributed by atoms with Crippen LogP contribution in [0.25, 0.3) is 0 Å². The first-order valence-electron chi connectivity index (χ1n) is 9.60. The molecule has 0 saturated carbocycles. The molecule has 2 amide bonds. The van der Waals surface area contributed by atoms with Crippen molar-refractivity contribution in [2.45, 2.75) is 6.18 Å².